The number of aryl methyl sites for hydroxylation is 1. The topological polar surface area (TPSA) is 83.5 Å². The van der Waals surface area contributed by atoms with Crippen molar-refractivity contribution < 1.29 is 18.3 Å². The highest BCUT2D eigenvalue weighted by Gasteiger charge is 2.23. The van der Waals surface area contributed by atoms with Crippen molar-refractivity contribution in [3.05, 3.63) is 43.0 Å². The van der Waals surface area contributed by atoms with E-state index in [9.17, 15) is 18.3 Å². The van der Waals surface area contributed by atoms with Crippen molar-refractivity contribution >= 4 is 64.9 Å². The van der Waals surface area contributed by atoms with Gasteiger partial charge in [0.1, 0.15) is 4.90 Å². The van der Waals surface area contributed by atoms with Gasteiger partial charge < -0.3 is 5.11 Å². The maximum atomic E-state index is 12.4. The Balaban J connectivity index is 2.50. The van der Waals surface area contributed by atoms with Crippen LogP contribution >= 0.6 is 43.2 Å². The first-order valence-electron chi connectivity index (χ1n) is 5.53. The first-order chi connectivity index (χ1) is 9.72. The molecule has 2 aromatic rings. The van der Waals surface area contributed by atoms with Crippen LogP contribution in [-0.2, 0) is 10.0 Å². The number of sulfonamides is 1. The van der Waals surface area contributed by atoms with Crippen molar-refractivity contribution in [1.29, 1.82) is 0 Å². The lowest BCUT2D eigenvalue weighted by atomic mass is 10.1. The molecule has 1 aromatic carbocycles. The maximum absolute atomic E-state index is 12.4. The van der Waals surface area contributed by atoms with Gasteiger partial charge in [0.2, 0.25) is 0 Å². The van der Waals surface area contributed by atoms with Crippen molar-refractivity contribution in [3.63, 3.8) is 0 Å². The Bertz CT molecular complexity index is 815. The van der Waals surface area contributed by atoms with Crippen molar-refractivity contribution in [2.45, 2.75) is 11.8 Å². The number of nitrogens with one attached hydrogen (secondary N) is 1. The molecule has 0 saturated carbocycles. The molecule has 0 fully saturated rings. The maximum Gasteiger partial charge on any atom is 0.338 e. The van der Waals surface area contributed by atoms with Crippen LogP contribution in [-0.4, -0.2) is 19.5 Å². The third-order valence-corrected chi connectivity index (χ3v) is 6.77. The number of carboxylic acids is 1. The summed E-state index contributed by atoms with van der Waals surface area (Å²) in [5, 5.41) is 9.22. The molecular formula is C12H9Br2NO4S2. The zero-order chi connectivity index (χ0) is 15.8. The van der Waals surface area contributed by atoms with Gasteiger partial charge in [0, 0.05) is 0 Å². The summed E-state index contributed by atoms with van der Waals surface area (Å²) in [6.45, 7) is 1.61. The summed E-state index contributed by atoms with van der Waals surface area (Å²) < 4.78 is 28.2. The van der Waals surface area contributed by atoms with Gasteiger partial charge >= 0.3 is 5.97 Å². The van der Waals surface area contributed by atoms with Crippen LogP contribution in [0.25, 0.3) is 0 Å². The van der Waals surface area contributed by atoms with Crippen LogP contribution in [0.15, 0.2) is 36.7 Å². The molecule has 1 aromatic heterocycles. The third kappa shape index (κ3) is 3.47. The second-order valence-corrected chi connectivity index (χ2v) is 9.50. The Hall–Kier alpha value is -0.900. The summed E-state index contributed by atoms with van der Waals surface area (Å²) in [4.78, 5) is 11.3. The first kappa shape index (κ1) is 16.5. The summed E-state index contributed by atoms with van der Waals surface area (Å²) in [7, 11) is -3.88. The normalized spacial score (nSPS) is 11.4. The molecule has 0 aliphatic heterocycles. The van der Waals surface area contributed by atoms with Crippen LogP contribution in [0.4, 0.5) is 5.69 Å². The summed E-state index contributed by atoms with van der Waals surface area (Å²) in [5.74, 6) is -1.18. The Labute approximate surface area is 142 Å². The largest absolute Gasteiger partial charge is 0.478 e. The van der Waals surface area contributed by atoms with Crippen LogP contribution in [0, 0.1) is 6.92 Å². The van der Waals surface area contributed by atoms with E-state index in [1.165, 1.54) is 23.5 Å². The molecule has 2 N–H and O–H groups in total. The second kappa shape index (κ2) is 6.07. The molecule has 1 heterocycles. The fourth-order valence-corrected chi connectivity index (χ4v) is 6.63. The molecule has 0 aliphatic carbocycles. The van der Waals surface area contributed by atoms with Gasteiger partial charge in [0.15, 0.2) is 0 Å². The average molecular weight is 455 g/mol. The molecule has 2 rings (SSSR count). The lowest BCUT2D eigenvalue weighted by Crippen LogP contribution is -2.16. The number of hydrogen-bond donors (Lipinski definition) is 2. The zero-order valence-electron chi connectivity index (χ0n) is 10.6. The van der Waals surface area contributed by atoms with Crippen LogP contribution in [0.5, 0.6) is 0 Å². The van der Waals surface area contributed by atoms with Gasteiger partial charge in [-0.15, -0.1) is 11.3 Å². The smallest absolute Gasteiger partial charge is 0.338 e. The van der Waals surface area contributed by atoms with Gasteiger partial charge in [0.05, 0.1) is 18.8 Å². The van der Waals surface area contributed by atoms with E-state index < -0.39 is 16.0 Å². The zero-order valence-corrected chi connectivity index (χ0v) is 15.4. The summed E-state index contributed by atoms with van der Waals surface area (Å²) >= 11 is 7.61. The molecule has 9 heteroatoms. The molecule has 0 bridgehead atoms. The second-order valence-electron chi connectivity index (χ2n) is 4.10. The van der Waals surface area contributed by atoms with Gasteiger partial charge in [-0.25, -0.2) is 13.2 Å². The van der Waals surface area contributed by atoms with E-state index >= 15 is 0 Å². The minimum atomic E-state index is -3.88. The quantitative estimate of drug-likeness (QED) is 0.728. The van der Waals surface area contributed by atoms with Crippen molar-refractivity contribution in [3.8, 4) is 0 Å². The number of benzene rings is 1. The van der Waals surface area contributed by atoms with Crippen molar-refractivity contribution in [2.75, 3.05) is 4.72 Å². The van der Waals surface area contributed by atoms with Crippen LogP contribution in [0.1, 0.15) is 15.9 Å². The molecule has 21 heavy (non-hydrogen) atoms. The lowest BCUT2D eigenvalue weighted by molar-refractivity contribution is 0.0697. The van der Waals surface area contributed by atoms with Crippen molar-refractivity contribution in [2.24, 2.45) is 0 Å². The molecule has 0 aliphatic rings. The van der Waals surface area contributed by atoms with Gasteiger partial charge in [-0.2, -0.15) is 0 Å². The Morgan fingerprint density at radius 1 is 1.33 bits per heavy atom. The SMILES string of the molecule is Cc1cccc(NS(=O)(=O)c2cc(Br)sc2Br)c1C(=O)O. The number of carboxylic acid groups (broad SMARTS) is 1. The minimum Gasteiger partial charge on any atom is -0.478 e. The van der Waals surface area contributed by atoms with Gasteiger partial charge in [-0.1, -0.05) is 12.1 Å². The number of thiophene rings is 1. The summed E-state index contributed by atoms with van der Waals surface area (Å²) in [6, 6.07) is 6.08. The highest BCUT2D eigenvalue weighted by molar-refractivity contribution is 9.12. The molecule has 0 spiro atoms. The Morgan fingerprint density at radius 3 is 2.52 bits per heavy atom. The molecule has 0 saturated heterocycles. The van der Waals surface area contributed by atoms with E-state index in [4.69, 9.17) is 0 Å². The highest BCUT2D eigenvalue weighted by atomic mass is 79.9. The Morgan fingerprint density at radius 2 is 2.00 bits per heavy atom. The van der Waals surface area contributed by atoms with Crippen LogP contribution in [0.2, 0.25) is 0 Å². The molecule has 0 unspecified atom stereocenters. The van der Waals surface area contributed by atoms with Crippen molar-refractivity contribution in [1.82, 2.24) is 0 Å². The molecule has 0 radical (unpaired) electrons. The fraction of sp³-hybridized carbons (Fsp3) is 0.0833. The monoisotopic (exact) mass is 453 g/mol. The standard InChI is InChI=1S/C12H9Br2NO4S2/c1-6-3-2-4-7(10(6)12(16)17)15-21(18,19)8-5-9(13)20-11(8)14/h2-5,15H,1H3,(H,16,17). The molecule has 0 atom stereocenters. The predicted molar refractivity (Wildman–Crippen MR) is 88.7 cm³/mol. The lowest BCUT2D eigenvalue weighted by Gasteiger charge is -2.11. The number of aromatic carboxylic acids is 1. The van der Waals surface area contributed by atoms with E-state index in [-0.39, 0.29) is 16.1 Å². The fourth-order valence-electron chi connectivity index (χ4n) is 1.74. The summed E-state index contributed by atoms with van der Waals surface area (Å²) in [5.41, 5.74) is 0.455. The minimum absolute atomic E-state index is 0.0386. The number of anilines is 1. The molecule has 5 nitrogen and oxygen atoms in total. The number of carbonyl (C=O) groups is 1. The predicted octanol–water partition coefficient (Wildman–Crippen LogP) is 4.08. The average Bonchev–Trinajstić information content (AvgIpc) is 2.68. The Kier molecular flexibility index (Phi) is 4.76. The number of rotatable bonds is 4. The van der Waals surface area contributed by atoms with Gasteiger partial charge in [-0.05, 0) is 56.5 Å². The number of halogens is 2. The van der Waals surface area contributed by atoms with Gasteiger partial charge in [0.25, 0.3) is 10.0 Å². The van der Waals surface area contributed by atoms with Crippen LogP contribution < -0.4 is 4.72 Å². The van der Waals surface area contributed by atoms with E-state index in [0.29, 0.717) is 13.1 Å². The van der Waals surface area contributed by atoms with E-state index in [2.05, 4.69) is 36.6 Å². The number of hydrogen-bond acceptors (Lipinski definition) is 4. The van der Waals surface area contributed by atoms with E-state index in [1.807, 2.05) is 0 Å². The molecular weight excluding hydrogens is 446 g/mol. The first-order valence-corrected chi connectivity index (χ1v) is 9.41. The summed E-state index contributed by atoms with van der Waals surface area (Å²) in [6.07, 6.45) is 0. The van der Waals surface area contributed by atoms with E-state index in [1.54, 1.807) is 19.1 Å². The molecule has 112 valence electrons. The molecule has 0 amide bonds. The van der Waals surface area contributed by atoms with Crippen LogP contribution in [0.3, 0.4) is 0 Å². The highest BCUT2D eigenvalue weighted by Crippen LogP contribution is 2.36. The van der Waals surface area contributed by atoms with E-state index in [0.717, 1.165) is 0 Å². The van der Waals surface area contributed by atoms with Gasteiger partial charge in [-0.3, -0.25) is 4.72 Å². The third-order valence-electron chi connectivity index (χ3n) is 2.65.